The van der Waals surface area contributed by atoms with Crippen LogP contribution < -0.4 is 15.2 Å². The SMILES string of the molecule is Cc1c(N2C(=O)[C@H](C)S[C@@H]2c2ccc(OCc3ccccc3)cc2)c(=O)n(-c2ccccc2)n1C. The summed E-state index contributed by atoms with van der Waals surface area (Å²) in [6, 6.07) is 27.3. The maximum absolute atomic E-state index is 13.6. The Bertz CT molecular complexity index is 1400. The van der Waals surface area contributed by atoms with Crippen molar-refractivity contribution in [1.29, 1.82) is 0 Å². The van der Waals surface area contributed by atoms with E-state index in [1.807, 2.05) is 111 Å². The molecule has 7 heteroatoms. The molecule has 0 unspecified atom stereocenters. The number of rotatable bonds is 6. The van der Waals surface area contributed by atoms with Gasteiger partial charge in [0, 0.05) is 7.05 Å². The standard InChI is InChI=1S/C28H27N3O3S/c1-19-25(27(33)31(29(19)3)23-12-8-5-9-13-23)30-26(32)20(2)35-28(30)22-14-16-24(17-15-22)34-18-21-10-6-4-7-11-21/h4-17,20,28H,18H2,1-3H3/t20-,28+/m0/s1. The largest absolute Gasteiger partial charge is 0.489 e. The minimum absolute atomic E-state index is 0.0598. The van der Waals surface area contributed by atoms with Crippen molar-refractivity contribution in [2.45, 2.75) is 31.1 Å². The Morgan fingerprint density at radius 1 is 0.886 bits per heavy atom. The first kappa shape index (κ1) is 23.1. The van der Waals surface area contributed by atoms with E-state index in [0.717, 1.165) is 28.3 Å². The van der Waals surface area contributed by atoms with Crippen LogP contribution in [0.3, 0.4) is 0 Å². The summed E-state index contributed by atoms with van der Waals surface area (Å²) in [5, 5.41) is -0.545. The molecular weight excluding hydrogens is 458 g/mol. The third-order valence-corrected chi connectivity index (χ3v) is 7.68. The van der Waals surface area contributed by atoms with Gasteiger partial charge >= 0.3 is 0 Å². The first-order chi connectivity index (χ1) is 17.0. The predicted octanol–water partition coefficient (Wildman–Crippen LogP) is 5.23. The van der Waals surface area contributed by atoms with E-state index in [4.69, 9.17) is 4.74 Å². The van der Waals surface area contributed by atoms with E-state index < -0.39 is 0 Å². The van der Waals surface area contributed by atoms with Crippen LogP contribution in [0.4, 0.5) is 5.69 Å². The second kappa shape index (κ2) is 9.50. The van der Waals surface area contributed by atoms with Gasteiger partial charge in [0.1, 0.15) is 23.4 Å². The highest BCUT2D eigenvalue weighted by molar-refractivity contribution is 8.01. The molecule has 0 radical (unpaired) electrons. The quantitative estimate of drug-likeness (QED) is 0.375. The third kappa shape index (κ3) is 4.28. The molecule has 2 heterocycles. The molecule has 1 aliphatic heterocycles. The van der Waals surface area contributed by atoms with E-state index in [9.17, 15) is 9.59 Å². The summed E-state index contributed by atoms with van der Waals surface area (Å²) in [4.78, 5) is 28.6. The Hall–Kier alpha value is -3.71. The average molecular weight is 486 g/mol. The van der Waals surface area contributed by atoms with Crippen molar-refractivity contribution in [3.63, 3.8) is 0 Å². The number of hydrogen-bond donors (Lipinski definition) is 0. The van der Waals surface area contributed by atoms with Gasteiger partial charge in [0.25, 0.3) is 5.56 Å². The fourth-order valence-corrected chi connectivity index (χ4v) is 5.64. The second-order valence-electron chi connectivity index (χ2n) is 8.59. The number of aromatic nitrogens is 2. The number of nitrogens with zero attached hydrogens (tertiary/aromatic N) is 3. The second-order valence-corrected chi connectivity index (χ2v) is 10.0. The number of thioether (sulfide) groups is 1. The maximum Gasteiger partial charge on any atom is 0.295 e. The molecule has 0 saturated carbocycles. The van der Waals surface area contributed by atoms with E-state index >= 15 is 0 Å². The van der Waals surface area contributed by atoms with Gasteiger partial charge < -0.3 is 4.74 Å². The number of amides is 1. The third-order valence-electron chi connectivity index (χ3n) is 6.33. The molecule has 3 aromatic carbocycles. The highest BCUT2D eigenvalue weighted by atomic mass is 32.2. The summed E-state index contributed by atoms with van der Waals surface area (Å²) in [6.45, 7) is 4.27. The number of carbonyl (C=O) groups excluding carboxylic acids is 1. The van der Waals surface area contributed by atoms with Crippen LogP contribution in [0.1, 0.15) is 29.1 Å². The van der Waals surface area contributed by atoms with Gasteiger partial charge in [-0.05, 0) is 49.2 Å². The van der Waals surface area contributed by atoms with E-state index in [-0.39, 0.29) is 22.1 Å². The van der Waals surface area contributed by atoms with Crippen LogP contribution in [-0.4, -0.2) is 20.5 Å². The number of carbonyl (C=O) groups is 1. The molecule has 1 saturated heterocycles. The predicted molar refractivity (Wildman–Crippen MR) is 140 cm³/mol. The Morgan fingerprint density at radius 3 is 2.17 bits per heavy atom. The highest BCUT2D eigenvalue weighted by Gasteiger charge is 2.42. The van der Waals surface area contributed by atoms with E-state index in [1.54, 1.807) is 21.3 Å². The Kier molecular flexibility index (Phi) is 6.26. The zero-order valence-corrected chi connectivity index (χ0v) is 20.7. The first-order valence-corrected chi connectivity index (χ1v) is 12.5. The van der Waals surface area contributed by atoms with Gasteiger partial charge in [0.15, 0.2) is 0 Å². The summed E-state index contributed by atoms with van der Waals surface area (Å²) < 4.78 is 9.35. The zero-order valence-electron chi connectivity index (χ0n) is 19.9. The lowest BCUT2D eigenvalue weighted by molar-refractivity contribution is -0.117. The fraction of sp³-hybridized carbons (Fsp3) is 0.214. The minimum Gasteiger partial charge on any atom is -0.489 e. The van der Waals surface area contributed by atoms with Crippen molar-refractivity contribution in [1.82, 2.24) is 9.36 Å². The first-order valence-electron chi connectivity index (χ1n) is 11.5. The number of para-hydroxylation sites is 1. The van der Waals surface area contributed by atoms with Gasteiger partial charge in [-0.3, -0.25) is 19.2 Å². The van der Waals surface area contributed by atoms with E-state index in [1.165, 1.54) is 0 Å². The van der Waals surface area contributed by atoms with Crippen molar-refractivity contribution in [3.05, 3.63) is 112 Å². The van der Waals surface area contributed by atoms with Gasteiger partial charge in [-0.1, -0.05) is 60.7 Å². The number of anilines is 1. The highest BCUT2D eigenvalue weighted by Crippen LogP contribution is 2.45. The van der Waals surface area contributed by atoms with Crippen molar-refractivity contribution in [2.24, 2.45) is 7.05 Å². The molecule has 1 aromatic heterocycles. The van der Waals surface area contributed by atoms with Gasteiger partial charge in [-0.25, -0.2) is 4.68 Å². The molecule has 2 atom stereocenters. The summed E-state index contributed by atoms with van der Waals surface area (Å²) in [5.41, 5.74) is 3.78. The molecular formula is C28H27N3O3S. The molecule has 6 nitrogen and oxygen atoms in total. The normalized spacial score (nSPS) is 17.7. The van der Waals surface area contributed by atoms with Gasteiger partial charge in [0.05, 0.1) is 16.6 Å². The Morgan fingerprint density at radius 2 is 1.51 bits per heavy atom. The van der Waals surface area contributed by atoms with Crippen molar-refractivity contribution >= 4 is 23.4 Å². The lowest BCUT2D eigenvalue weighted by Crippen LogP contribution is -2.34. The van der Waals surface area contributed by atoms with E-state index in [2.05, 4.69) is 0 Å². The number of benzene rings is 3. The van der Waals surface area contributed by atoms with Crippen LogP contribution >= 0.6 is 11.8 Å². The summed E-state index contributed by atoms with van der Waals surface area (Å²) in [6.07, 6.45) is 0. The topological polar surface area (TPSA) is 56.5 Å². The van der Waals surface area contributed by atoms with Gasteiger partial charge in [-0.15, -0.1) is 11.8 Å². The average Bonchev–Trinajstić information content (AvgIpc) is 3.29. The van der Waals surface area contributed by atoms with Crippen molar-refractivity contribution < 1.29 is 9.53 Å². The molecule has 1 fully saturated rings. The smallest absolute Gasteiger partial charge is 0.295 e. The fourth-order valence-electron chi connectivity index (χ4n) is 4.38. The summed E-state index contributed by atoms with van der Waals surface area (Å²) in [5.74, 6) is 0.698. The number of hydrogen-bond acceptors (Lipinski definition) is 4. The van der Waals surface area contributed by atoms with Crippen LogP contribution in [0.5, 0.6) is 5.75 Å². The molecule has 0 N–H and O–H groups in total. The molecule has 0 aliphatic carbocycles. The molecule has 1 amide bonds. The molecule has 178 valence electrons. The van der Waals surface area contributed by atoms with Crippen LogP contribution in [0.2, 0.25) is 0 Å². The van der Waals surface area contributed by atoms with Crippen LogP contribution in [0.25, 0.3) is 5.69 Å². The molecule has 0 bridgehead atoms. The molecule has 35 heavy (non-hydrogen) atoms. The van der Waals surface area contributed by atoms with Crippen molar-refractivity contribution in [3.8, 4) is 11.4 Å². The monoisotopic (exact) mass is 485 g/mol. The lowest BCUT2D eigenvalue weighted by Gasteiger charge is -2.23. The molecule has 0 spiro atoms. The zero-order chi connectivity index (χ0) is 24.5. The Balaban J connectivity index is 1.46. The minimum atomic E-state index is -0.293. The van der Waals surface area contributed by atoms with Crippen molar-refractivity contribution in [2.75, 3.05) is 4.90 Å². The number of ether oxygens (including phenoxy) is 1. The van der Waals surface area contributed by atoms with Crippen LogP contribution in [0, 0.1) is 6.92 Å². The summed E-state index contributed by atoms with van der Waals surface area (Å²) >= 11 is 1.55. The molecule has 4 aromatic rings. The van der Waals surface area contributed by atoms with Crippen LogP contribution in [-0.2, 0) is 18.4 Å². The lowest BCUT2D eigenvalue weighted by atomic mass is 10.1. The summed E-state index contributed by atoms with van der Waals surface area (Å²) in [7, 11) is 1.85. The van der Waals surface area contributed by atoms with Gasteiger partial charge in [-0.2, -0.15) is 0 Å². The maximum atomic E-state index is 13.6. The Labute approximate surface area is 208 Å². The van der Waals surface area contributed by atoms with Gasteiger partial charge in [0.2, 0.25) is 5.91 Å². The van der Waals surface area contributed by atoms with E-state index in [0.29, 0.717) is 12.3 Å². The molecule has 1 aliphatic rings. The van der Waals surface area contributed by atoms with Crippen LogP contribution in [0.15, 0.2) is 89.7 Å². The molecule has 5 rings (SSSR count).